The van der Waals surface area contributed by atoms with E-state index in [4.69, 9.17) is 11.6 Å². The Labute approximate surface area is 136 Å². The third-order valence-corrected chi connectivity index (χ3v) is 5.08. The van der Waals surface area contributed by atoms with Gasteiger partial charge in [-0.05, 0) is 30.8 Å². The molecule has 0 saturated heterocycles. The molecule has 0 aliphatic rings. The van der Waals surface area contributed by atoms with E-state index >= 15 is 0 Å². The predicted octanol–water partition coefficient (Wildman–Crippen LogP) is 2.75. The second-order valence-electron chi connectivity index (χ2n) is 5.04. The summed E-state index contributed by atoms with van der Waals surface area (Å²) in [5, 5.41) is 0.721. The van der Waals surface area contributed by atoms with E-state index in [2.05, 4.69) is 4.72 Å². The molecular weight excluding hydrogens is 320 g/mol. The Balaban J connectivity index is 1.85. The van der Waals surface area contributed by atoms with Crippen LogP contribution in [0.5, 0.6) is 0 Å². The highest BCUT2D eigenvalue weighted by Crippen LogP contribution is 2.16. The number of hydrogen-bond donors (Lipinski definition) is 1. The van der Waals surface area contributed by atoms with Gasteiger partial charge < -0.3 is 4.90 Å². The lowest BCUT2D eigenvalue weighted by Gasteiger charge is -2.17. The highest BCUT2D eigenvalue weighted by molar-refractivity contribution is 7.89. The van der Waals surface area contributed by atoms with Gasteiger partial charge in [0, 0.05) is 24.7 Å². The standard InChI is InChI=1S/C16H19ClN2O2S/c1-19(13-14-7-5-6-10-16(14)17)12-11-18-22(20,21)15-8-3-2-4-9-15/h2-10,18H,11-13H2,1H3. The number of rotatable bonds is 7. The number of nitrogens with one attached hydrogen (secondary N) is 1. The van der Waals surface area contributed by atoms with Gasteiger partial charge >= 0.3 is 0 Å². The van der Waals surface area contributed by atoms with Crippen LogP contribution in [0.1, 0.15) is 5.56 Å². The zero-order chi connectivity index (χ0) is 16.0. The molecule has 6 heteroatoms. The van der Waals surface area contributed by atoms with Crippen molar-refractivity contribution >= 4 is 21.6 Å². The number of sulfonamides is 1. The zero-order valence-corrected chi connectivity index (χ0v) is 13.9. The minimum absolute atomic E-state index is 0.281. The summed E-state index contributed by atoms with van der Waals surface area (Å²) in [5.41, 5.74) is 1.03. The molecule has 0 atom stereocenters. The molecule has 0 amide bonds. The molecule has 4 nitrogen and oxygen atoms in total. The molecule has 0 heterocycles. The van der Waals surface area contributed by atoms with E-state index in [9.17, 15) is 8.42 Å². The van der Waals surface area contributed by atoms with Gasteiger partial charge in [0.1, 0.15) is 0 Å². The Morgan fingerprint density at radius 2 is 1.68 bits per heavy atom. The maximum absolute atomic E-state index is 12.1. The summed E-state index contributed by atoms with van der Waals surface area (Å²) in [7, 11) is -1.51. The number of benzene rings is 2. The van der Waals surface area contributed by atoms with Gasteiger partial charge in [-0.2, -0.15) is 0 Å². The van der Waals surface area contributed by atoms with Crippen molar-refractivity contribution in [3.8, 4) is 0 Å². The molecular formula is C16H19ClN2O2S. The van der Waals surface area contributed by atoms with Crippen molar-refractivity contribution in [2.24, 2.45) is 0 Å². The molecule has 0 bridgehead atoms. The smallest absolute Gasteiger partial charge is 0.240 e. The molecule has 118 valence electrons. The second kappa shape index (κ2) is 7.74. The van der Waals surface area contributed by atoms with Crippen molar-refractivity contribution in [2.75, 3.05) is 20.1 Å². The van der Waals surface area contributed by atoms with E-state index in [1.54, 1.807) is 30.3 Å². The van der Waals surface area contributed by atoms with E-state index in [-0.39, 0.29) is 4.90 Å². The lowest BCUT2D eigenvalue weighted by atomic mass is 10.2. The molecule has 1 N–H and O–H groups in total. The van der Waals surface area contributed by atoms with Crippen LogP contribution in [0.3, 0.4) is 0 Å². The van der Waals surface area contributed by atoms with Crippen molar-refractivity contribution in [2.45, 2.75) is 11.4 Å². The molecule has 0 aromatic heterocycles. The Bertz CT molecular complexity index is 705. The van der Waals surface area contributed by atoms with E-state index in [0.717, 1.165) is 10.6 Å². The van der Waals surface area contributed by atoms with Crippen LogP contribution in [0.25, 0.3) is 0 Å². The molecule has 2 aromatic carbocycles. The lowest BCUT2D eigenvalue weighted by Crippen LogP contribution is -2.32. The minimum atomic E-state index is -3.44. The fraction of sp³-hybridized carbons (Fsp3) is 0.250. The first-order chi connectivity index (χ1) is 10.5. The van der Waals surface area contributed by atoms with Crippen molar-refractivity contribution < 1.29 is 8.42 Å². The van der Waals surface area contributed by atoms with E-state index < -0.39 is 10.0 Å². The molecule has 0 aliphatic heterocycles. The van der Waals surface area contributed by atoms with Gasteiger partial charge in [0.2, 0.25) is 10.0 Å². The van der Waals surface area contributed by atoms with Crippen LogP contribution < -0.4 is 4.72 Å². The van der Waals surface area contributed by atoms with Gasteiger partial charge in [0.15, 0.2) is 0 Å². The lowest BCUT2D eigenvalue weighted by molar-refractivity contribution is 0.332. The predicted molar refractivity (Wildman–Crippen MR) is 89.4 cm³/mol. The quantitative estimate of drug-likeness (QED) is 0.844. The first kappa shape index (κ1) is 17.0. The molecule has 0 spiro atoms. The number of halogens is 1. The van der Waals surface area contributed by atoms with Crippen LogP contribution in [0.4, 0.5) is 0 Å². The SMILES string of the molecule is CN(CCNS(=O)(=O)c1ccccc1)Cc1ccccc1Cl. The largest absolute Gasteiger partial charge is 0.301 e. The fourth-order valence-corrected chi connectivity index (χ4v) is 3.29. The molecule has 0 radical (unpaired) electrons. The van der Waals surface area contributed by atoms with Crippen molar-refractivity contribution in [3.05, 3.63) is 65.2 Å². The summed E-state index contributed by atoms with van der Waals surface area (Å²) in [6.07, 6.45) is 0. The van der Waals surface area contributed by atoms with Gasteiger partial charge in [0.25, 0.3) is 0 Å². The number of likely N-dealkylation sites (N-methyl/N-ethyl adjacent to an activating group) is 1. The Morgan fingerprint density at radius 3 is 2.36 bits per heavy atom. The summed E-state index contributed by atoms with van der Waals surface area (Å²) in [4.78, 5) is 2.30. The summed E-state index contributed by atoms with van der Waals surface area (Å²) >= 11 is 6.12. The first-order valence-corrected chi connectivity index (χ1v) is 8.82. The number of nitrogens with zero attached hydrogens (tertiary/aromatic N) is 1. The topological polar surface area (TPSA) is 49.4 Å². The summed E-state index contributed by atoms with van der Waals surface area (Å²) in [6, 6.07) is 16.0. The third kappa shape index (κ3) is 4.81. The van der Waals surface area contributed by atoms with Crippen LogP contribution in [0.15, 0.2) is 59.5 Å². The van der Waals surface area contributed by atoms with Crippen LogP contribution in [0, 0.1) is 0 Å². The van der Waals surface area contributed by atoms with Gasteiger partial charge in [-0.25, -0.2) is 13.1 Å². The minimum Gasteiger partial charge on any atom is -0.301 e. The normalized spacial score (nSPS) is 11.8. The maximum Gasteiger partial charge on any atom is 0.240 e. The number of hydrogen-bond acceptors (Lipinski definition) is 3. The van der Waals surface area contributed by atoms with E-state index in [1.807, 2.05) is 36.2 Å². The first-order valence-electron chi connectivity index (χ1n) is 6.96. The Morgan fingerprint density at radius 1 is 1.05 bits per heavy atom. The van der Waals surface area contributed by atoms with Gasteiger partial charge in [0.05, 0.1) is 4.90 Å². The monoisotopic (exact) mass is 338 g/mol. The highest BCUT2D eigenvalue weighted by Gasteiger charge is 2.12. The van der Waals surface area contributed by atoms with Crippen LogP contribution in [-0.2, 0) is 16.6 Å². The van der Waals surface area contributed by atoms with Crippen molar-refractivity contribution in [3.63, 3.8) is 0 Å². The molecule has 0 aliphatic carbocycles. The van der Waals surface area contributed by atoms with Crippen molar-refractivity contribution in [1.29, 1.82) is 0 Å². The maximum atomic E-state index is 12.1. The van der Waals surface area contributed by atoms with Crippen LogP contribution >= 0.6 is 11.6 Å². The van der Waals surface area contributed by atoms with Gasteiger partial charge in [-0.1, -0.05) is 48.0 Å². The Kier molecular flexibility index (Phi) is 5.97. The van der Waals surface area contributed by atoms with E-state index in [0.29, 0.717) is 19.6 Å². The molecule has 2 aromatic rings. The van der Waals surface area contributed by atoms with E-state index in [1.165, 1.54) is 0 Å². The molecule has 2 rings (SSSR count). The molecule has 22 heavy (non-hydrogen) atoms. The van der Waals surface area contributed by atoms with Crippen LogP contribution in [0.2, 0.25) is 5.02 Å². The van der Waals surface area contributed by atoms with Gasteiger partial charge in [-0.3, -0.25) is 0 Å². The summed E-state index contributed by atoms with van der Waals surface area (Å²) in [5.74, 6) is 0. The Hall–Kier alpha value is -1.40. The molecule has 0 unspecified atom stereocenters. The second-order valence-corrected chi connectivity index (χ2v) is 7.21. The van der Waals surface area contributed by atoms with Gasteiger partial charge in [-0.15, -0.1) is 0 Å². The zero-order valence-electron chi connectivity index (χ0n) is 12.4. The summed E-state index contributed by atoms with van der Waals surface area (Å²) < 4.78 is 26.8. The summed E-state index contributed by atoms with van der Waals surface area (Å²) in [6.45, 7) is 1.61. The van der Waals surface area contributed by atoms with Crippen LogP contribution in [-0.4, -0.2) is 33.5 Å². The average Bonchev–Trinajstić information content (AvgIpc) is 2.50. The highest BCUT2D eigenvalue weighted by atomic mass is 35.5. The molecule has 0 fully saturated rings. The van der Waals surface area contributed by atoms with Crippen molar-refractivity contribution in [1.82, 2.24) is 9.62 Å². The molecule has 0 saturated carbocycles. The average molecular weight is 339 g/mol. The fourth-order valence-electron chi connectivity index (χ4n) is 2.05. The third-order valence-electron chi connectivity index (χ3n) is 3.24.